The Morgan fingerprint density at radius 3 is 1.55 bits per heavy atom. The predicted octanol–water partition coefficient (Wildman–Crippen LogP) is 7.53. The molecule has 0 spiro atoms. The van der Waals surface area contributed by atoms with Gasteiger partial charge in [0, 0.05) is 50.5 Å². The molecule has 1 amide bonds. The van der Waals surface area contributed by atoms with Crippen LogP contribution < -0.4 is 5.32 Å². The molecule has 0 aliphatic carbocycles. The van der Waals surface area contributed by atoms with E-state index in [1.165, 1.54) is 16.7 Å². The summed E-state index contributed by atoms with van der Waals surface area (Å²) in [4.78, 5) is 29.6. The third-order valence-electron chi connectivity index (χ3n) is 7.98. The third-order valence-corrected chi connectivity index (χ3v) is 9.53. The molecule has 3 aromatic carbocycles. The number of rotatable bonds is 14. The van der Waals surface area contributed by atoms with Crippen molar-refractivity contribution in [3.05, 3.63) is 197 Å². The summed E-state index contributed by atoms with van der Waals surface area (Å²) in [6, 6.07) is 47.3. The molecule has 3 aromatic heterocycles. The minimum atomic E-state index is -0.439. The lowest BCUT2D eigenvalue weighted by atomic mass is 9.84. The summed E-state index contributed by atoms with van der Waals surface area (Å²) in [5.41, 5.74) is 6.78. The lowest BCUT2D eigenvalue weighted by Crippen LogP contribution is -2.31. The second-order valence-corrected chi connectivity index (χ2v) is 12.5. The number of hydrogen-bond donors (Lipinski definition) is 1. The van der Waals surface area contributed by atoms with Crippen molar-refractivity contribution in [2.45, 2.75) is 24.4 Å². The molecule has 0 unspecified atom stereocenters. The van der Waals surface area contributed by atoms with Crippen LogP contribution in [0, 0.1) is 0 Å². The zero-order valence-corrected chi connectivity index (χ0v) is 27.0. The molecule has 0 fully saturated rings. The van der Waals surface area contributed by atoms with Crippen LogP contribution in [0.15, 0.2) is 158 Å². The van der Waals surface area contributed by atoms with E-state index in [1.807, 2.05) is 60.3 Å². The fourth-order valence-electron chi connectivity index (χ4n) is 5.82. The first-order valence-electron chi connectivity index (χ1n) is 15.8. The zero-order chi connectivity index (χ0) is 32.2. The number of amides is 1. The van der Waals surface area contributed by atoms with E-state index in [1.54, 1.807) is 18.6 Å². The number of nitrogens with zero attached hydrogens (tertiary/aromatic N) is 4. The van der Waals surface area contributed by atoms with E-state index < -0.39 is 4.75 Å². The minimum Gasteiger partial charge on any atom is -0.351 e. The summed E-state index contributed by atoms with van der Waals surface area (Å²) >= 11 is 1.83. The van der Waals surface area contributed by atoms with Gasteiger partial charge in [0.2, 0.25) is 0 Å². The Balaban J connectivity index is 1.19. The van der Waals surface area contributed by atoms with E-state index in [0.717, 1.165) is 17.1 Å². The number of thioether (sulfide) groups is 1. The average Bonchev–Trinajstić information content (AvgIpc) is 3.14. The highest BCUT2D eigenvalue weighted by Gasteiger charge is 2.36. The Morgan fingerprint density at radius 2 is 1.06 bits per heavy atom. The molecular weight excluding hydrogens is 599 g/mol. The maximum absolute atomic E-state index is 13.7. The quantitative estimate of drug-likeness (QED) is 0.0986. The van der Waals surface area contributed by atoms with Crippen LogP contribution in [0.2, 0.25) is 0 Å². The van der Waals surface area contributed by atoms with Crippen LogP contribution >= 0.6 is 11.8 Å². The smallest absolute Gasteiger partial charge is 0.253 e. The standard InChI is InChI=1S/C40H37N5OS/c46-39(37-23-14-26-43-38(37)31-45(29-35-21-10-12-24-41-35)30-36-22-11-13-25-42-36)44-27-28-47-40(32-15-4-1-5-16-32,33-17-6-2-7-18-33)34-19-8-3-9-20-34/h1-26H,27-31H2,(H,44,46). The van der Waals surface area contributed by atoms with E-state index >= 15 is 0 Å². The fraction of sp³-hybridized carbons (Fsp3) is 0.150. The first kappa shape index (κ1) is 31.9. The highest BCUT2D eigenvalue weighted by molar-refractivity contribution is 8.00. The Hall–Kier alpha value is -5.11. The molecule has 47 heavy (non-hydrogen) atoms. The number of hydrogen-bond acceptors (Lipinski definition) is 6. The van der Waals surface area contributed by atoms with E-state index in [9.17, 15) is 4.79 Å². The van der Waals surface area contributed by atoms with Gasteiger partial charge < -0.3 is 5.32 Å². The minimum absolute atomic E-state index is 0.131. The molecule has 6 aromatic rings. The van der Waals surface area contributed by atoms with Gasteiger partial charge >= 0.3 is 0 Å². The highest BCUT2D eigenvalue weighted by Crippen LogP contribution is 2.48. The van der Waals surface area contributed by atoms with Gasteiger partial charge in [0.25, 0.3) is 5.91 Å². The second-order valence-electron chi connectivity index (χ2n) is 11.2. The van der Waals surface area contributed by atoms with Crippen LogP contribution in [-0.4, -0.2) is 38.1 Å². The number of benzene rings is 3. The molecule has 6 nitrogen and oxygen atoms in total. The maximum Gasteiger partial charge on any atom is 0.253 e. The lowest BCUT2D eigenvalue weighted by Gasteiger charge is -2.35. The van der Waals surface area contributed by atoms with Crippen molar-refractivity contribution < 1.29 is 4.79 Å². The third kappa shape index (κ3) is 8.01. The Bertz CT molecular complexity index is 1690. The van der Waals surface area contributed by atoms with Gasteiger partial charge in [-0.15, -0.1) is 11.8 Å². The van der Waals surface area contributed by atoms with Crippen molar-refractivity contribution in [1.82, 2.24) is 25.2 Å². The molecule has 234 valence electrons. The predicted molar refractivity (Wildman–Crippen MR) is 190 cm³/mol. The second kappa shape index (κ2) is 15.9. The molecule has 1 N–H and O–H groups in total. The Morgan fingerprint density at radius 1 is 0.574 bits per heavy atom. The molecule has 3 heterocycles. The summed E-state index contributed by atoms with van der Waals surface area (Å²) in [5.74, 6) is 0.569. The zero-order valence-electron chi connectivity index (χ0n) is 26.2. The molecule has 0 saturated heterocycles. The first-order chi connectivity index (χ1) is 23.2. The number of carbonyl (C=O) groups is 1. The number of carbonyl (C=O) groups excluding carboxylic acids is 1. The van der Waals surface area contributed by atoms with E-state index in [-0.39, 0.29) is 5.91 Å². The van der Waals surface area contributed by atoms with Crippen molar-refractivity contribution in [1.29, 1.82) is 0 Å². The Kier molecular flexibility index (Phi) is 10.8. The van der Waals surface area contributed by atoms with E-state index in [0.29, 0.717) is 37.5 Å². The van der Waals surface area contributed by atoms with Gasteiger partial charge in [0.15, 0.2) is 0 Å². The molecule has 7 heteroatoms. The van der Waals surface area contributed by atoms with Gasteiger partial charge in [-0.2, -0.15) is 0 Å². The summed E-state index contributed by atoms with van der Waals surface area (Å²) in [7, 11) is 0. The lowest BCUT2D eigenvalue weighted by molar-refractivity contribution is 0.0953. The van der Waals surface area contributed by atoms with E-state index in [2.05, 4.69) is 116 Å². The molecule has 0 saturated carbocycles. The maximum atomic E-state index is 13.7. The number of aromatic nitrogens is 3. The highest BCUT2D eigenvalue weighted by atomic mass is 32.2. The normalized spacial score (nSPS) is 11.3. The van der Waals surface area contributed by atoms with Crippen LogP contribution in [-0.2, 0) is 24.4 Å². The van der Waals surface area contributed by atoms with Gasteiger partial charge in [-0.25, -0.2) is 0 Å². The van der Waals surface area contributed by atoms with Crippen LogP contribution in [0.3, 0.4) is 0 Å². The number of pyridine rings is 3. The molecule has 0 aliphatic heterocycles. The summed E-state index contributed by atoms with van der Waals surface area (Å²) in [6.45, 7) is 2.18. The van der Waals surface area contributed by atoms with Crippen molar-refractivity contribution >= 4 is 17.7 Å². The monoisotopic (exact) mass is 635 g/mol. The molecule has 0 atom stereocenters. The van der Waals surface area contributed by atoms with E-state index in [4.69, 9.17) is 0 Å². The van der Waals surface area contributed by atoms with Crippen LogP contribution in [0.25, 0.3) is 0 Å². The SMILES string of the molecule is O=C(NCCSC(c1ccccc1)(c1ccccc1)c1ccccc1)c1cccnc1CN(Cc1ccccn1)Cc1ccccn1. The van der Waals surface area contributed by atoms with Crippen molar-refractivity contribution in [2.75, 3.05) is 12.3 Å². The molecule has 0 bridgehead atoms. The summed E-state index contributed by atoms with van der Waals surface area (Å²) in [5, 5.41) is 3.20. The summed E-state index contributed by atoms with van der Waals surface area (Å²) < 4.78 is -0.439. The molecule has 6 rings (SSSR count). The van der Waals surface area contributed by atoms with Gasteiger partial charge in [0.05, 0.1) is 27.4 Å². The van der Waals surface area contributed by atoms with Gasteiger partial charge in [0.1, 0.15) is 0 Å². The number of nitrogens with one attached hydrogen (secondary N) is 1. The fourth-order valence-corrected chi connectivity index (χ4v) is 7.24. The molecular formula is C40H37N5OS. The molecule has 0 aliphatic rings. The Labute approximate surface area is 281 Å². The van der Waals surface area contributed by atoms with Crippen LogP contribution in [0.1, 0.15) is 44.1 Å². The van der Waals surface area contributed by atoms with Crippen molar-refractivity contribution in [3.63, 3.8) is 0 Å². The van der Waals surface area contributed by atoms with Gasteiger partial charge in [-0.1, -0.05) is 103 Å². The van der Waals surface area contributed by atoms with Gasteiger partial charge in [-0.3, -0.25) is 24.6 Å². The average molecular weight is 636 g/mol. The molecule has 0 radical (unpaired) electrons. The first-order valence-corrected chi connectivity index (χ1v) is 16.8. The summed E-state index contributed by atoms with van der Waals surface area (Å²) in [6.07, 6.45) is 5.34. The largest absolute Gasteiger partial charge is 0.351 e. The van der Waals surface area contributed by atoms with Crippen LogP contribution in [0.4, 0.5) is 0 Å². The van der Waals surface area contributed by atoms with Crippen molar-refractivity contribution in [2.24, 2.45) is 0 Å². The van der Waals surface area contributed by atoms with Gasteiger partial charge in [-0.05, 0) is 53.1 Å². The topological polar surface area (TPSA) is 71.0 Å². The van der Waals surface area contributed by atoms with Crippen LogP contribution in [0.5, 0.6) is 0 Å². The van der Waals surface area contributed by atoms with Crippen molar-refractivity contribution in [3.8, 4) is 0 Å².